The highest BCUT2D eigenvalue weighted by Gasteiger charge is 2.28. The van der Waals surface area contributed by atoms with Gasteiger partial charge in [-0.05, 0) is 77.3 Å². The Kier molecular flexibility index (Phi) is 13.3. The Hall–Kier alpha value is -2.40. The molecule has 0 aromatic rings. The molecule has 0 aromatic heterocycles. The lowest BCUT2D eigenvalue weighted by Gasteiger charge is -2.29. The van der Waals surface area contributed by atoms with Crippen molar-refractivity contribution in [1.29, 1.82) is 0 Å². The molecule has 0 spiro atoms. The second-order valence-electron chi connectivity index (χ2n) is 8.45. The van der Waals surface area contributed by atoms with Crippen LogP contribution >= 0.6 is 0 Å². The molecule has 11 N–H and O–H groups in total. The average molecular weight is 455 g/mol. The summed E-state index contributed by atoms with van der Waals surface area (Å²) in [5.74, 6) is -0.786. The van der Waals surface area contributed by atoms with Crippen molar-refractivity contribution < 1.29 is 14.4 Å². The van der Waals surface area contributed by atoms with Crippen LogP contribution < -0.4 is 38.9 Å². The summed E-state index contributed by atoms with van der Waals surface area (Å²) < 4.78 is 0. The number of amides is 3. The number of hydrogen-bond acceptors (Lipinski definition) is 6. The van der Waals surface area contributed by atoms with Gasteiger partial charge in [0.15, 0.2) is 5.96 Å². The predicted octanol–water partition coefficient (Wildman–Crippen LogP) is -1.07. The minimum atomic E-state index is -0.695. The maximum absolute atomic E-state index is 13.0. The normalized spacial score (nSPS) is 20.0. The highest BCUT2D eigenvalue weighted by Crippen LogP contribution is 2.21. The number of nitrogens with two attached hydrogens (primary N) is 4. The summed E-state index contributed by atoms with van der Waals surface area (Å²) in [5.41, 5.74) is 22.0. The summed E-state index contributed by atoms with van der Waals surface area (Å²) >= 11 is 0. The number of nitrogens with zero attached hydrogens (tertiary/aromatic N) is 1. The Bertz CT molecular complexity index is 616. The molecule has 1 rings (SSSR count). The van der Waals surface area contributed by atoms with Crippen molar-refractivity contribution in [2.24, 2.45) is 27.9 Å². The Labute approximate surface area is 190 Å². The Morgan fingerprint density at radius 1 is 0.844 bits per heavy atom. The molecule has 0 aromatic carbocycles. The van der Waals surface area contributed by atoms with Crippen molar-refractivity contribution in [3.63, 3.8) is 0 Å². The summed E-state index contributed by atoms with van der Waals surface area (Å²) in [6.07, 6.45) is 7.00. The zero-order valence-electron chi connectivity index (χ0n) is 19.3. The van der Waals surface area contributed by atoms with Gasteiger partial charge < -0.3 is 38.9 Å². The van der Waals surface area contributed by atoms with E-state index in [1.54, 1.807) is 0 Å². The lowest BCUT2D eigenvalue weighted by atomic mass is 9.91. The summed E-state index contributed by atoms with van der Waals surface area (Å²) in [4.78, 5) is 41.6. The molecule has 1 aliphatic rings. The summed E-state index contributed by atoms with van der Waals surface area (Å²) in [6.45, 7) is 2.40. The zero-order valence-corrected chi connectivity index (χ0v) is 19.3. The molecule has 1 fully saturated rings. The molecular formula is C21H42N8O3. The van der Waals surface area contributed by atoms with Crippen molar-refractivity contribution in [1.82, 2.24) is 16.0 Å². The molecule has 1 aliphatic carbocycles. The van der Waals surface area contributed by atoms with Crippen LogP contribution in [-0.2, 0) is 14.4 Å². The van der Waals surface area contributed by atoms with Crippen molar-refractivity contribution in [2.75, 3.05) is 13.1 Å². The van der Waals surface area contributed by atoms with Gasteiger partial charge in [0.2, 0.25) is 17.7 Å². The molecule has 2 atom stereocenters. The first-order chi connectivity index (χ1) is 15.3. The van der Waals surface area contributed by atoms with Crippen LogP contribution in [0.25, 0.3) is 0 Å². The van der Waals surface area contributed by atoms with Crippen molar-refractivity contribution >= 4 is 23.7 Å². The monoisotopic (exact) mass is 454 g/mol. The first-order valence-corrected chi connectivity index (χ1v) is 11.6. The van der Waals surface area contributed by atoms with E-state index >= 15 is 0 Å². The zero-order chi connectivity index (χ0) is 23.9. The van der Waals surface area contributed by atoms with Crippen LogP contribution in [0.2, 0.25) is 0 Å². The van der Waals surface area contributed by atoms with Gasteiger partial charge in [0.05, 0.1) is 6.04 Å². The lowest BCUT2D eigenvalue weighted by molar-refractivity contribution is -0.132. The molecule has 0 saturated heterocycles. The van der Waals surface area contributed by atoms with E-state index in [9.17, 15) is 14.4 Å². The second-order valence-corrected chi connectivity index (χ2v) is 8.45. The highest BCUT2D eigenvalue weighted by atomic mass is 16.2. The van der Waals surface area contributed by atoms with Gasteiger partial charge in [-0.3, -0.25) is 19.4 Å². The fourth-order valence-corrected chi connectivity index (χ4v) is 3.90. The number of rotatable bonds is 14. The number of carbonyl (C=O) groups excluding carboxylic acids is 3. The molecule has 0 heterocycles. The van der Waals surface area contributed by atoms with E-state index in [-0.39, 0.29) is 35.8 Å². The van der Waals surface area contributed by atoms with Crippen molar-refractivity contribution in [3.05, 3.63) is 0 Å². The summed E-state index contributed by atoms with van der Waals surface area (Å²) in [7, 11) is 0. The van der Waals surface area contributed by atoms with E-state index in [0.29, 0.717) is 38.8 Å². The van der Waals surface area contributed by atoms with Crippen LogP contribution in [0.1, 0.15) is 71.1 Å². The molecule has 11 heteroatoms. The summed E-state index contributed by atoms with van der Waals surface area (Å²) in [6, 6.07) is -1.29. The number of nitrogens with one attached hydrogen (secondary N) is 3. The molecule has 3 amide bonds. The van der Waals surface area contributed by atoms with Gasteiger partial charge in [0, 0.05) is 13.0 Å². The van der Waals surface area contributed by atoms with Crippen molar-refractivity contribution in [3.8, 4) is 0 Å². The number of hydrogen-bond donors (Lipinski definition) is 7. The van der Waals surface area contributed by atoms with Gasteiger partial charge in [0.25, 0.3) is 0 Å². The fraction of sp³-hybridized carbons (Fsp3) is 0.810. The Balaban J connectivity index is 2.71. The van der Waals surface area contributed by atoms with Crippen LogP contribution in [-0.4, -0.2) is 60.9 Å². The van der Waals surface area contributed by atoms with E-state index in [0.717, 1.165) is 38.5 Å². The van der Waals surface area contributed by atoms with E-state index in [4.69, 9.17) is 22.9 Å². The number of unbranched alkanes of at least 4 members (excludes halogenated alkanes) is 2. The number of aliphatic imine (C=N–C) groups is 1. The van der Waals surface area contributed by atoms with Crippen LogP contribution in [0.4, 0.5) is 0 Å². The molecule has 11 nitrogen and oxygen atoms in total. The lowest BCUT2D eigenvalue weighted by Crippen LogP contribution is -2.55. The van der Waals surface area contributed by atoms with E-state index < -0.39 is 12.1 Å². The molecule has 184 valence electrons. The minimum Gasteiger partial charge on any atom is -0.370 e. The van der Waals surface area contributed by atoms with Crippen LogP contribution in [0.5, 0.6) is 0 Å². The average Bonchev–Trinajstić information content (AvgIpc) is 2.73. The molecule has 0 bridgehead atoms. The molecule has 1 saturated carbocycles. The number of guanidine groups is 1. The van der Waals surface area contributed by atoms with Gasteiger partial charge in [-0.1, -0.05) is 0 Å². The third-order valence-corrected chi connectivity index (χ3v) is 5.60. The summed E-state index contributed by atoms with van der Waals surface area (Å²) in [5, 5.41) is 8.57. The Morgan fingerprint density at radius 2 is 1.38 bits per heavy atom. The van der Waals surface area contributed by atoms with Crippen LogP contribution in [0, 0.1) is 0 Å². The van der Waals surface area contributed by atoms with Gasteiger partial charge in [0.1, 0.15) is 12.1 Å². The second kappa shape index (κ2) is 15.4. The van der Waals surface area contributed by atoms with Crippen LogP contribution in [0.15, 0.2) is 4.99 Å². The topological polar surface area (TPSA) is 204 Å². The standard InChI is InChI=1S/C21H42N8O3/c1-14(30)26-17(6-2-4-12-22)20(32)29-18(7-3-5-13-23)19(31)27-15-8-10-16(11-9-15)28-21(24)25/h15-18H,2-13,22-23H2,1H3,(H,26,30)(H,27,31)(H,29,32)(H4,24,25,28)/t15?,16?,17-,18-/m0/s1. The molecule has 0 radical (unpaired) electrons. The first kappa shape index (κ1) is 27.6. The quantitative estimate of drug-likeness (QED) is 0.0982. The SMILES string of the molecule is CC(=O)N[C@@H](CCCCN)C(=O)N[C@@H](CCCCN)C(=O)NC1CCC(N=C(N)N)CC1. The van der Waals surface area contributed by atoms with E-state index in [2.05, 4.69) is 20.9 Å². The fourth-order valence-electron chi connectivity index (χ4n) is 3.90. The third kappa shape index (κ3) is 11.3. The molecular weight excluding hydrogens is 412 g/mol. The van der Waals surface area contributed by atoms with Gasteiger partial charge in [-0.15, -0.1) is 0 Å². The molecule has 0 unspecified atom stereocenters. The molecule has 32 heavy (non-hydrogen) atoms. The number of carbonyl (C=O) groups is 3. The highest BCUT2D eigenvalue weighted by molar-refractivity contribution is 5.91. The third-order valence-electron chi connectivity index (χ3n) is 5.60. The van der Waals surface area contributed by atoms with Gasteiger partial charge in [-0.25, -0.2) is 0 Å². The molecule has 0 aliphatic heterocycles. The largest absolute Gasteiger partial charge is 0.370 e. The maximum Gasteiger partial charge on any atom is 0.243 e. The van der Waals surface area contributed by atoms with Crippen molar-refractivity contribution in [2.45, 2.75) is 95.3 Å². The smallest absolute Gasteiger partial charge is 0.243 e. The maximum atomic E-state index is 13.0. The first-order valence-electron chi connectivity index (χ1n) is 11.6. The van der Waals surface area contributed by atoms with E-state index in [1.807, 2.05) is 0 Å². The van der Waals surface area contributed by atoms with Crippen LogP contribution in [0.3, 0.4) is 0 Å². The van der Waals surface area contributed by atoms with E-state index in [1.165, 1.54) is 6.92 Å². The minimum absolute atomic E-state index is 0.0116. The van der Waals surface area contributed by atoms with Gasteiger partial charge in [-0.2, -0.15) is 0 Å². The van der Waals surface area contributed by atoms with Gasteiger partial charge >= 0.3 is 0 Å². The Morgan fingerprint density at radius 3 is 1.84 bits per heavy atom. The predicted molar refractivity (Wildman–Crippen MR) is 125 cm³/mol.